The molecule has 0 saturated carbocycles. The largest absolute Gasteiger partial charge is 0.490 e. The van der Waals surface area contributed by atoms with Crippen molar-refractivity contribution < 1.29 is 24.2 Å². The number of aliphatic hydroxyl groups is 1. The van der Waals surface area contributed by atoms with Crippen LogP contribution in [0.1, 0.15) is 66.3 Å². The summed E-state index contributed by atoms with van der Waals surface area (Å²) < 4.78 is 12.8. The van der Waals surface area contributed by atoms with Crippen molar-refractivity contribution in [2.45, 2.75) is 64.8 Å². The predicted octanol–water partition coefficient (Wildman–Crippen LogP) is 5.26. The quantitative estimate of drug-likeness (QED) is 0.363. The Bertz CT molecular complexity index is 1340. The third-order valence-electron chi connectivity index (χ3n) is 8.04. The van der Waals surface area contributed by atoms with Gasteiger partial charge in [0.05, 0.1) is 30.4 Å². The molecule has 2 aromatic carbocycles. The van der Waals surface area contributed by atoms with E-state index < -0.39 is 6.04 Å². The molecule has 3 aromatic rings. The molecule has 1 aromatic heterocycles. The van der Waals surface area contributed by atoms with Gasteiger partial charge in [0.2, 0.25) is 0 Å². The number of ether oxygens (including phenoxy) is 2. The first-order valence-corrected chi connectivity index (χ1v) is 15.5. The van der Waals surface area contributed by atoms with Crippen LogP contribution in [-0.4, -0.2) is 83.3 Å². The highest BCUT2D eigenvalue weighted by molar-refractivity contribution is 6.05. The van der Waals surface area contributed by atoms with Crippen molar-refractivity contribution in [1.29, 1.82) is 0 Å². The summed E-state index contributed by atoms with van der Waals surface area (Å²) in [5.74, 6) is -0.135. The van der Waals surface area contributed by atoms with E-state index in [-0.39, 0.29) is 36.5 Å². The second kappa shape index (κ2) is 16.3. The number of aliphatic hydroxyl groups excluding tert-OH is 1. The van der Waals surface area contributed by atoms with E-state index in [4.69, 9.17) is 9.47 Å². The Hall–Kier alpha value is -3.79. The average molecular weight is 603 g/mol. The molecule has 1 aliphatic rings. The number of amides is 2. The molecule has 2 amide bonds. The third-order valence-corrected chi connectivity index (χ3v) is 8.04. The molecule has 4 atom stereocenters. The van der Waals surface area contributed by atoms with Crippen LogP contribution in [0.3, 0.4) is 0 Å². The molecule has 2 heterocycles. The minimum atomic E-state index is -0.444. The number of nitrogens with one attached hydrogen (secondary N) is 1. The lowest BCUT2D eigenvalue weighted by Crippen LogP contribution is -2.47. The standard InChI is InChI=1S/C35H46N4O5/c1-25-21-39(26(2)24-40)35(42)31-20-30(37-34(41)29-15-17-36-18-16-29)13-14-32(31)44-27(3)10-8-9-19-43-33(25)23-38(4)22-28-11-6-5-7-12-28/h5-7,11-18,20,25-27,33,40H,8-10,19,21-24H2,1-4H3,(H,37,41)/t25-,26+,27+,33+/m1/s1. The molecular weight excluding hydrogens is 556 g/mol. The maximum absolute atomic E-state index is 14.3. The van der Waals surface area contributed by atoms with Crippen LogP contribution in [0.4, 0.5) is 5.69 Å². The Morgan fingerprint density at radius 2 is 1.86 bits per heavy atom. The molecule has 9 nitrogen and oxygen atoms in total. The molecular formula is C35H46N4O5. The van der Waals surface area contributed by atoms with E-state index in [1.165, 1.54) is 5.56 Å². The predicted molar refractivity (Wildman–Crippen MR) is 172 cm³/mol. The van der Waals surface area contributed by atoms with E-state index in [0.29, 0.717) is 42.3 Å². The lowest BCUT2D eigenvalue weighted by Gasteiger charge is -2.36. The second-order valence-electron chi connectivity index (χ2n) is 11.9. The van der Waals surface area contributed by atoms with Gasteiger partial charge in [-0.2, -0.15) is 0 Å². The van der Waals surface area contributed by atoms with E-state index >= 15 is 0 Å². The number of aromatic nitrogens is 1. The van der Waals surface area contributed by atoms with Gasteiger partial charge in [0, 0.05) is 55.8 Å². The molecule has 9 heteroatoms. The Balaban J connectivity index is 1.61. The Labute approximate surface area is 261 Å². The van der Waals surface area contributed by atoms with Crippen LogP contribution >= 0.6 is 0 Å². The van der Waals surface area contributed by atoms with E-state index in [1.807, 2.05) is 32.0 Å². The fraction of sp³-hybridized carbons (Fsp3) is 0.457. The van der Waals surface area contributed by atoms with Gasteiger partial charge in [-0.05, 0) is 76.1 Å². The number of benzene rings is 2. The van der Waals surface area contributed by atoms with Gasteiger partial charge in [0.25, 0.3) is 11.8 Å². The molecule has 0 radical (unpaired) electrons. The van der Waals surface area contributed by atoms with Gasteiger partial charge < -0.3 is 24.8 Å². The van der Waals surface area contributed by atoms with Crippen LogP contribution in [0, 0.1) is 5.92 Å². The number of hydrogen-bond donors (Lipinski definition) is 2. The minimum Gasteiger partial charge on any atom is -0.490 e. The van der Waals surface area contributed by atoms with Crippen LogP contribution in [-0.2, 0) is 11.3 Å². The van der Waals surface area contributed by atoms with Crippen LogP contribution < -0.4 is 10.1 Å². The first kappa shape index (κ1) is 33.1. The zero-order valence-corrected chi connectivity index (χ0v) is 26.3. The molecule has 236 valence electrons. The first-order valence-electron chi connectivity index (χ1n) is 15.5. The van der Waals surface area contributed by atoms with E-state index in [1.54, 1.807) is 47.6 Å². The number of rotatable bonds is 8. The maximum atomic E-state index is 14.3. The molecule has 0 aliphatic carbocycles. The number of fused-ring (bicyclic) bond motifs is 1. The van der Waals surface area contributed by atoms with Gasteiger partial charge in [0.1, 0.15) is 5.75 Å². The van der Waals surface area contributed by atoms with Gasteiger partial charge in [-0.15, -0.1) is 0 Å². The number of pyridine rings is 1. The van der Waals surface area contributed by atoms with Crippen LogP contribution in [0.25, 0.3) is 0 Å². The van der Waals surface area contributed by atoms with Crippen molar-refractivity contribution in [1.82, 2.24) is 14.8 Å². The van der Waals surface area contributed by atoms with Gasteiger partial charge in [-0.25, -0.2) is 0 Å². The molecule has 4 rings (SSSR count). The smallest absolute Gasteiger partial charge is 0.258 e. The molecule has 44 heavy (non-hydrogen) atoms. The summed E-state index contributed by atoms with van der Waals surface area (Å²) >= 11 is 0. The van der Waals surface area contributed by atoms with E-state index in [0.717, 1.165) is 25.8 Å². The second-order valence-corrected chi connectivity index (χ2v) is 11.9. The van der Waals surface area contributed by atoms with Gasteiger partial charge in [0.15, 0.2) is 0 Å². The van der Waals surface area contributed by atoms with Crippen molar-refractivity contribution in [3.8, 4) is 5.75 Å². The van der Waals surface area contributed by atoms with Crippen LogP contribution in [0.5, 0.6) is 5.75 Å². The summed E-state index contributed by atoms with van der Waals surface area (Å²) in [7, 11) is 2.09. The summed E-state index contributed by atoms with van der Waals surface area (Å²) in [5, 5.41) is 13.1. The lowest BCUT2D eigenvalue weighted by molar-refractivity contribution is -0.0177. The monoisotopic (exact) mass is 602 g/mol. The molecule has 0 spiro atoms. The summed E-state index contributed by atoms with van der Waals surface area (Å²) in [6.45, 7) is 8.24. The normalized spacial score (nSPS) is 20.7. The number of carbonyl (C=O) groups is 2. The zero-order valence-electron chi connectivity index (χ0n) is 26.3. The topological polar surface area (TPSA) is 104 Å². The number of carbonyl (C=O) groups excluding carboxylic acids is 2. The summed E-state index contributed by atoms with van der Waals surface area (Å²) in [6, 6.07) is 18.3. The molecule has 0 unspecified atom stereocenters. The molecule has 0 saturated heterocycles. The highest BCUT2D eigenvalue weighted by Crippen LogP contribution is 2.29. The fourth-order valence-corrected chi connectivity index (χ4v) is 5.44. The van der Waals surface area contributed by atoms with Crippen molar-refractivity contribution in [2.75, 3.05) is 38.7 Å². The SMILES string of the molecule is C[C@@H]1CN([C@@H](C)CO)C(=O)c2cc(NC(=O)c3ccncc3)ccc2O[C@@H](C)CCCCO[C@H]1CN(C)Cc1ccccc1. The lowest BCUT2D eigenvalue weighted by atomic mass is 10.0. The number of hydrogen-bond acceptors (Lipinski definition) is 7. The molecule has 0 bridgehead atoms. The van der Waals surface area contributed by atoms with Crippen LogP contribution in [0.15, 0.2) is 73.1 Å². The molecule has 0 fully saturated rings. The minimum absolute atomic E-state index is 0.0213. The molecule has 2 N–H and O–H groups in total. The van der Waals surface area contributed by atoms with E-state index in [2.05, 4.69) is 41.3 Å². The maximum Gasteiger partial charge on any atom is 0.258 e. The van der Waals surface area contributed by atoms with Crippen molar-refractivity contribution in [3.05, 3.63) is 89.7 Å². The van der Waals surface area contributed by atoms with E-state index in [9.17, 15) is 14.7 Å². The summed E-state index contributed by atoms with van der Waals surface area (Å²) in [5.41, 5.74) is 2.51. The fourth-order valence-electron chi connectivity index (χ4n) is 5.44. The van der Waals surface area contributed by atoms with Crippen molar-refractivity contribution in [2.24, 2.45) is 5.92 Å². The van der Waals surface area contributed by atoms with Gasteiger partial charge in [-0.1, -0.05) is 37.3 Å². The zero-order chi connectivity index (χ0) is 31.5. The van der Waals surface area contributed by atoms with Gasteiger partial charge >= 0.3 is 0 Å². The number of nitrogens with zero attached hydrogens (tertiary/aromatic N) is 3. The van der Waals surface area contributed by atoms with Crippen molar-refractivity contribution >= 4 is 17.5 Å². The first-order chi connectivity index (χ1) is 21.2. The Kier molecular flexibility index (Phi) is 12.3. The highest BCUT2D eigenvalue weighted by Gasteiger charge is 2.30. The number of likely N-dealkylation sites (N-methyl/N-ethyl adjacent to an activating group) is 1. The summed E-state index contributed by atoms with van der Waals surface area (Å²) in [4.78, 5) is 35.1. The van der Waals surface area contributed by atoms with Gasteiger partial charge in [-0.3, -0.25) is 19.5 Å². The number of anilines is 1. The highest BCUT2D eigenvalue weighted by atomic mass is 16.5. The average Bonchev–Trinajstić information content (AvgIpc) is 3.03. The van der Waals surface area contributed by atoms with Crippen molar-refractivity contribution in [3.63, 3.8) is 0 Å². The summed E-state index contributed by atoms with van der Waals surface area (Å²) in [6.07, 6.45) is 5.51. The molecule has 1 aliphatic heterocycles. The Morgan fingerprint density at radius 3 is 2.59 bits per heavy atom. The third kappa shape index (κ3) is 9.35. The van der Waals surface area contributed by atoms with Crippen LogP contribution in [0.2, 0.25) is 0 Å². The Morgan fingerprint density at radius 1 is 1.11 bits per heavy atom.